The standard InChI is InChI=1S/C19H29ClN2O3/c1-12(2)6-8-25-18-16(20)10-14(11-17(18)24-4)19(23)22-15-5-7-21-13(3)9-15/h10-13,15,21H,5-9H2,1-4H3,(H,22,23). The Morgan fingerprint density at radius 2 is 2.20 bits per heavy atom. The van der Waals surface area contributed by atoms with Gasteiger partial charge in [-0.25, -0.2) is 0 Å². The van der Waals surface area contributed by atoms with Crippen molar-refractivity contribution in [1.29, 1.82) is 0 Å². The number of halogens is 1. The molecule has 140 valence electrons. The normalized spacial score (nSPS) is 20.4. The number of hydrogen-bond acceptors (Lipinski definition) is 4. The molecule has 1 saturated heterocycles. The van der Waals surface area contributed by atoms with Gasteiger partial charge in [-0.3, -0.25) is 4.79 Å². The summed E-state index contributed by atoms with van der Waals surface area (Å²) in [5.41, 5.74) is 0.490. The molecule has 0 spiro atoms. The number of carbonyl (C=O) groups excluding carboxylic acids is 1. The number of piperidine rings is 1. The lowest BCUT2D eigenvalue weighted by Gasteiger charge is -2.28. The summed E-state index contributed by atoms with van der Waals surface area (Å²) in [5.74, 6) is 1.40. The van der Waals surface area contributed by atoms with Crippen molar-refractivity contribution >= 4 is 17.5 Å². The highest BCUT2D eigenvalue weighted by molar-refractivity contribution is 6.32. The first-order valence-electron chi connectivity index (χ1n) is 8.95. The molecule has 1 aliphatic rings. The minimum Gasteiger partial charge on any atom is -0.493 e. The molecule has 1 aromatic rings. The van der Waals surface area contributed by atoms with Gasteiger partial charge in [0.25, 0.3) is 5.91 Å². The zero-order chi connectivity index (χ0) is 18.4. The minimum absolute atomic E-state index is 0.131. The number of amides is 1. The molecule has 5 nitrogen and oxygen atoms in total. The number of ether oxygens (including phenoxy) is 2. The Morgan fingerprint density at radius 3 is 2.84 bits per heavy atom. The van der Waals surface area contributed by atoms with Gasteiger partial charge in [0.2, 0.25) is 0 Å². The number of methoxy groups -OCH3 is 1. The van der Waals surface area contributed by atoms with Crippen LogP contribution in [0.4, 0.5) is 0 Å². The van der Waals surface area contributed by atoms with Crippen LogP contribution in [0.1, 0.15) is 50.4 Å². The van der Waals surface area contributed by atoms with E-state index >= 15 is 0 Å². The van der Waals surface area contributed by atoms with Crippen LogP contribution in [0.5, 0.6) is 11.5 Å². The monoisotopic (exact) mass is 368 g/mol. The lowest BCUT2D eigenvalue weighted by molar-refractivity contribution is 0.0925. The summed E-state index contributed by atoms with van der Waals surface area (Å²) in [6.45, 7) is 7.88. The highest BCUT2D eigenvalue weighted by Gasteiger charge is 2.22. The third-order valence-electron chi connectivity index (χ3n) is 4.39. The van der Waals surface area contributed by atoms with Crippen LogP contribution >= 0.6 is 11.6 Å². The van der Waals surface area contributed by atoms with Gasteiger partial charge in [-0.1, -0.05) is 25.4 Å². The predicted octanol–water partition coefficient (Wildman–Crippen LogP) is 3.64. The third-order valence-corrected chi connectivity index (χ3v) is 4.67. The maximum Gasteiger partial charge on any atom is 0.251 e. The van der Waals surface area contributed by atoms with E-state index < -0.39 is 0 Å². The zero-order valence-corrected chi connectivity index (χ0v) is 16.3. The number of nitrogens with one attached hydrogen (secondary N) is 2. The van der Waals surface area contributed by atoms with E-state index in [1.807, 2.05) is 0 Å². The van der Waals surface area contributed by atoms with Gasteiger partial charge in [0.1, 0.15) is 0 Å². The first-order chi connectivity index (χ1) is 11.9. The van der Waals surface area contributed by atoms with Crippen LogP contribution < -0.4 is 20.1 Å². The molecule has 1 heterocycles. The van der Waals surface area contributed by atoms with E-state index in [-0.39, 0.29) is 11.9 Å². The van der Waals surface area contributed by atoms with E-state index in [1.165, 1.54) is 0 Å². The summed E-state index contributed by atoms with van der Waals surface area (Å²) in [6, 6.07) is 3.93. The SMILES string of the molecule is COc1cc(C(=O)NC2CCNC(C)C2)cc(Cl)c1OCCC(C)C. The van der Waals surface area contributed by atoms with Crippen LogP contribution in [-0.2, 0) is 0 Å². The van der Waals surface area contributed by atoms with Crippen LogP contribution in [0.25, 0.3) is 0 Å². The molecule has 0 radical (unpaired) electrons. The maximum atomic E-state index is 12.6. The molecule has 25 heavy (non-hydrogen) atoms. The molecule has 2 N–H and O–H groups in total. The summed E-state index contributed by atoms with van der Waals surface area (Å²) < 4.78 is 11.2. The molecule has 1 fully saturated rings. The van der Waals surface area contributed by atoms with E-state index in [0.29, 0.717) is 40.7 Å². The summed E-state index contributed by atoms with van der Waals surface area (Å²) in [7, 11) is 1.55. The second-order valence-electron chi connectivity index (χ2n) is 7.07. The van der Waals surface area contributed by atoms with E-state index in [2.05, 4.69) is 31.4 Å². The number of rotatable bonds is 7. The quantitative estimate of drug-likeness (QED) is 0.771. The van der Waals surface area contributed by atoms with Crippen LogP contribution in [-0.4, -0.2) is 38.3 Å². The highest BCUT2D eigenvalue weighted by atomic mass is 35.5. The minimum atomic E-state index is -0.131. The van der Waals surface area contributed by atoms with Crippen molar-refractivity contribution in [3.05, 3.63) is 22.7 Å². The molecule has 2 rings (SSSR count). The Hall–Kier alpha value is -1.46. The molecule has 0 bridgehead atoms. The Kier molecular flexibility index (Phi) is 7.38. The molecular weight excluding hydrogens is 340 g/mol. The van der Waals surface area contributed by atoms with Crippen molar-refractivity contribution in [2.24, 2.45) is 5.92 Å². The molecule has 1 amide bonds. The molecule has 0 saturated carbocycles. The summed E-state index contributed by atoms with van der Waals surface area (Å²) in [6.07, 6.45) is 2.78. The first-order valence-corrected chi connectivity index (χ1v) is 9.33. The van der Waals surface area contributed by atoms with Crippen LogP contribution in [0.15, 0.2) is 12.1 Å². The summed E-state index contributed by atoms with van der Waals surface area (Å²) in [4.78, 5) is 12.6. The van der Waals surface area contributed by atoms with Crippen LogP contribution in [0, 0.1) is 5.92 Å². The first kappa shape index (κ1) is 19.9. The van der Waals surface area contributed by atoms with Gasteiger partial charge in [-0.2, -0.15) is 0 Å². The Bertz CT molecular complexity index is 592. The van der Waals surface area contributed by atoms with Crippen LogP contribution in [0.2, 0.25) is 5.02 Å². The van der Waals surface area contributed by atoms with Crippen molar-refractivity contribution in [1.82, 2.24) is 10.6 Å². The fourth-order valence-electron chi connectivity index (χ4n) is 2.92. The van der Waals surface area contributed by atoms with Crippen molar-refractivity contribution in [2.75, 3.05) is 20.3 Å². The van der Waals surface area contributed by atoms with E-state index in [1.54, 1.807) is 19.2 Å². The van der Waals surface area contributed by atoms with Crippen molar-refractivity contribution < 1.29 is 14.3 Å². The van der Waals surface area contributed by atoms with Gasteiger partial charge >= 0.3 is 0 Å². The maximum absolute atomic E-state index is 12.6. The van der Waals surface area contributed by atoms with Crippen molar-refractivity contribution in [3.8, 4) is 11.5 Å². The van der Waals surface area contributed by atoms with Crippen molar-refractivity contribution in [2.45, 2.75) is 52.1 Å². The fourth-order valence-corrected chi connectivity index (χ4v) is 3.18. The second-order valence-corrected chi connectivity index (χ2v) is 7.48. The van der Waals surface area contributed by atoms with Gasteiger partial charge in [0, 0.05) is 17.6 Å². The summed E-state index contributed by atoms with van der Waals surface area (Å²) in [5, 5.41) is 6.86. The second kappa shape index (κ2) is 9.30. The number of hydrogen-bond donors (Lipinski definition) is 2. The average molecular weight is 369 g/mol. The Morgan fingerprint density at radius 1 is 1.44 bits per heavy atom. The molecule has 0 aromatic heterocycles. The van der Waals surface area contributed by atoms with E-state index in [0.717, 1.165) is 25.8 Å². The van der Waals surface area contributed by atoms with E-state index in [9.17, 15) is 4.79 Å². The fraction of sp³-hybridized carbons (Fsp3) is 0.632. The van der Waals surface area contributed by atoms with Crippen molar-refractivity contribution in [3.63, 3.8) is 0 Å². The Labute approximate surface area is 155 Å². The lowest BCUT2D eigenvalue weighted by Crippen LogP contribution is -2.46. The smallest absolute Gasteiger partial charge is 0.251 e. The Balaban J connectivity index is 2.07. The molecular formula is C19H29ClN2O3. The largest absolute Gasteiger partial charge is 0.493 e. The topological polar surface area (TPSA) is 59.6 Å². The summed E-state index contributed by atoms with van der Waals surface area (Å²) >= 11 is 6.34. The van der Waals surface area contributed by atoms with Gasteiger partial charge in [-0.05, 0) is 50.8 Å². The molecule has 0 aliphatic carbocycles. The zero-order valence-electron chi connectivity index (χ0n) is 15.5. The molecule has 2 unspecified atom stereocenters. The van der Waals surface area contributed by atoms with Gasteiger partial charge < -0.3 is 20.1 Å². The molecule has 1 aliphatic heterocycles. The van der Waals surface area contributed by atoms with Gasteiger partial charge in [0.05, 0.1) is 18.7 Å². The molecule has 2 atom stereocenters. The van der Waals surface area contributed by atoms with E-state index in [4.69, 9.17) is 21.1 Å². The predicted molar refractivity (Wildman–Crippen MR) is 101 cm³/mol. The number of benzene rings is 1. The number of carbonyl (C=O) groups is 1. The molecule has 6 heteroatoms. The van der Waals surface area contributed by atoms with Gasteiger partial charge in [-0.15, -0.1) is 0 Å². The molecule has 1 aromatic carbocycles. The third kappa shape index (κ3) is 5.79. The lowest BCUT2D eigenvalue weighted by atomic mass is 10.00. The average Bonchev–Trinajstić information content (AvgIpc) is 2.55. The highest BCUT2D eigenvalue weighted by Crippen LogP contribution is 2.36. The van der Waals surface area contributed by atoms with Gasteiger partial charge in [0.15, 0.2) is 11.5 Å². The van der Waals surface area contributed by atoms with Crippen LogP contribution in [0.3, 0.4) is 0 Å².